The molecule has 0 aromatic heterocycles. The molecule has 7 heteroatoms. The molecule has 0 aliphatic heterocycles. The Kier molecular flexibility index (Phi) is 7.78. The minimum atomic E-state index is -0.917. The first-order valence-corrected chi connectivity index (χ1v) is 12.3. The van der Waals surface area contributed by atoms with Crippen LogP contribution in [0.5, 0.6) is 5.75 Å². The van der Waals surface area contributed by atoms with Gasteiger partial charge in [0.05, 0.1) is 5.56 Å². The summed E-state index contributed by atoms with van der Waals surface area (Å²) >= 11 is 4.94. The van der Waals surface area contributed by atoms with Crippen LogP contribution in [-0.4, -0.2) is 17.5 Å². The van der Waals surface area contributed by atoms with Crippen molar-refractivity contribution in [2.75, 3.05) is 0 Å². The Bertz CT molecular complexity index is 1220. The van der Waals surface area contributed by atoms with Gasteiger partial charge in [0.15, 0.2) is 0 Å². The molecule has 4 rings (SSSR count). The number of carboxylic acids is 1. The minimum absolute atomic E-state index is 0.289. The summed E-state index contributed by atoms with van der Waals surface area (Å²) in [5.74, 6) is -0.388. The summed E-state index contributed by atoms with van der Waals surface area (Å²) in [7, 11) is 0. The lowest BCUT2D eigenvalue weighted by molar-refractivity contribution is -0.120. The van der Waals surface area contributed by atoms with Gasteiger partial charge in [0.2, 0.25) is 0 Å². The van der Waals surface area contributed by atoms with E-state index in [1.165, 1.54) is 0 Å². The van der Waals surface area contributed by atoms with Crippen molar-refractivity contribution in [1.29, 1.82) is 0 Å². The third kappa shape index (κ3) is 6.68. The van der Waals surface area contributed by atoms with Gasteiger partial charge in [-0.05, 0) is 97.1 Å². The van der Waals surface area contributed by atoms with Crippen molar-refractivity contribution < 1.29 is 19.4 Å². The highest BCUT2D eigenvalue weighted by Gasteiger charge is 2.05. The van der Waals surface area contributed by atoms with Gasteiger partial charge in [0.25, 0.3) is 6.47 Å². The molecule has 1 N–H and O–H groups in total. The highest BCUT2D eigenvalue weighted by molar-refractivity contribution is 8.00. The Balaban J connectivity index is 1.33. The molecule has 0 amide bonds. The Labute approximate surface area is 204 Å². The molecule has 0 bridgehead atoms. The molecule has 0 saturated heterocycles. The zero-order chi connectivity index (χ0) is 23.0. The Morgan fingerprint density at radius 2 is 0.879 bits per heavy atom. The van der Waals surface area contributed by atoms with E-state index >= 15 is 0 Å². The molecule has 0 atom stereocenters. The van der Waals surface area contributed by atoms with Gasteiger partial charge in [-0.3, -0.25) is 4.79 Å². The lowest BCUT2D eigenvalue weighted by Gasteiger charge is -2.06. The third-order valence-corrected chi connectivity index (χ3v) is 7.51. The number of rotatable bonds is 9. The van der Waals surface area contributed by atoms with Gasteiger partial charge in [-0.2, -0.15) is 0 Å². The first kappa shape index (κ1) is 23.0. The molecule has 164 valence electrons. The van der Waals surface area contributed by atoms with Gasteiger partial charge in [-0.1, -0.05) is 35.3 Å². The first-order valence-electron chi connectivity index (χ1n) is 9.86. The number of hydrogen-bond donors (Lipinski definition) is 1. The van der Waals surface area contributed by atoms with Crippen molar-refractivity contribution in [1.82, 2.24) is 0 Å². The molecule has 4 nitrogen and oxygen atoms in total. The van der Waals surface area contributed by atoms with E-state index in [2.05, 4.69) is 48.5 Å². The van der Waals surface area contributed by atoms with Crippen molar-refractivity contribution in [3.8, 4) is 5.75 Å². The fourth-order valence-corrected chi connectivity index (χ4v) is 5.32. The zero-order valence-electron chi connectivity index (χ0n) is 17.2. The molecule has 0 spiro atoms. The first-order chi connectivity index (χ1) is 16.1. The average molecular weight is 491 g/mol. The summed E-state index contributed by atoms with van der Waals surface area (Å²) in [6, 6.07) is 31.0. The van der Waals surface area contributed by atoms with Gasteiger partial charge in [0.1, 0.15) is 5.75 Å². The van der Waals surface area contributed by atoms with Crippen molar-refractivity contribution in [2.45, 2.75) is 29.4 Å². The quantitative estimate of drug-likeness (QED) is 0.246. The van der Waals surface area contributed by atoms with E-state index in [0.29, 0.717) is 12.2 Å². The summed E-state index contributed by atoms with van der Waals surface area (Å²) in [5, 5.41) is 9.00. The van der Waals surface area contributed by atoms with Crippen LogP contribution in [-0.2, 0) is 4.79 Å². The van der Waals surface area contributed by atoms with Crippen molar-refractivity contribution in [3.05, 3.63) is 103 Å². The number of benzene rings is 4. The molecule has 33 heavy (non-hydrogen) atoms. The van der Waals surface area contributed by atoms with E-state index in [1.54, 1.807) is 59.6 Å². The van der Waals surface area contributed by atoms with Crippen LogP contribution in [0.2, 0.25) is 0 Å². The molecule has 0 heterocycles. The van der Waals surface area contributed by atoms with E-state index < -0.39 is 5.97 Å². The number of carboxylic acid groups (broad SMARTS) is 1. The van der Waals surface area contributed by atoms with E-state index in [-0.39, 0.29) is 5.56 Å². The molecule has 0 unspecified atom stereocenters. The summed E-state index contributed by atoms with van der Waals surface area (Å²) in [5.41, 5.74) is 0.289. The van der Waals surface area contributed by atoms with Crippen molar-refractivity contribution in [3.63, 3.8) is 0 Å². The molecule has 0 aliphatic rings. The Morgan fingerprint density at radius 1 is 0.576 bits per heavy atom. The van der Waals surface area contributed by atoms with Gasteiger partial charge in [0, 0.05) is 29.4 Å². The molecule has 4 aromatic carbocycles. The fourth-order valence-electron chi connectivity index (χ4n) is 2.87. The van der Waals surface area contributed by atoms with Crippen LogP contribution < -0.4 is 4.74 Å². The number of hydrogen-bond acceptors (Lipinski definition) is 6. The van der Waals surface area contributed by atoms with Crippen LogP contribution in [0.25, 0.3) is 0 Å². The second-order valence-electron chi connectivity index (χ2n) is 6.76. The number of carbonyl (C=O) groups excluding carboxylic acids is 1. The van der Waals surface area contributed by atoms with Crippen molar-refractivity contribution in [2.24, 2.45) is 0 Å². The minimum Gasteiger partial charge on any atom is -0.478 e. The highest BCUT2D eigenvalue weighted by Crippen LogP contribution is 2.34. The van der Waals surface area contributed by atoms with Gasteiger partial charge in [-0.25, -0.2) is 4.79 Å². The lowest BCUT2D eigenvalue weighted by Crippen LogP contribution is -1.94. The number of ether oxygens (including phenoxy) is 1. The maximum absolute atomic E-state index is 11.0. The fraction of sp³-hybridized carbons (Fsp3) is 0. The van der Waals surface area contributed by atoms with Gasteiger partial charge in [-0.15, -0.1) is 0 Å². The third-order valence-electron chi connectivity index (χ3n) is 4.46. The van der Waals surface area contributed by atoms with E-state index in [1.807, 2.05) is 24.3 Å². The summed E-state index contributed by atoms with van der Waals surface area (Å²) < 4.78 is 4.82. The highest BCUT2D eigenvalue weighted by atomic mass is 32.2. The number of aromatic carboxylic acids is 1. The van der Waals surface area contributed by atoms with Gasteiger partial charge < -0.3 is 9.84 Å². The summed E-state index contributed by atoms with van der Waals surface area (Å²) in [6.45, 7) is 0.423. The summed E-state index contributed by atoms with van der Waals surface area (Å²) in [6.07, 6.45) is 0. The van der Waals surface area contributed by atoms with Crippen LogP contribution in [0.1, 0.15) is 10.4 Å². The van der Waals surface area contributed by atoms with E-state index in [9.17, 15) is 9.59 Å². The van der Waals surface area contributed by atoms with Crippen molar-refractivity contribution >= 4 is 47.7 Å². The molecule has 4 aromatic rings. The van der Waals surface area contributed by atoms with E-state index in [4.69, 9.17) is 9.84 Å². The normalized spacial score (nSPS) is 10.5. The maximum Gasteiger partial charge on any atom is 0.335 e. The van der Waals surface area contributed by atoms with Crippen LogP contribution >= 0.6 is 35.3 Å². The van der Waals surface area contributed by atoms with Gasteiger partial charge >= 0.3 is 5.97 Å². The molecule has 0 aliphatic carbocycles. The standard InChI is InChI=1S/C26H18O4S3/c27-17-30-19-3-7-21(8-4-19)32-23-11-15-25(16-12-23)33-24-13-9-22(10-14-24)31-20-5-1-18(2-6-20)26(28)29/h1-17H,(H,28,29). The van der Waals surface area contributed by atoms with Crippen LogP contribution in [0, 0.1) is 0 Å². The predicted octanol–water partition coefficient (Wildman–Crippen LogP) is 7.37. The molecular formula is C26H18O4S3. The second-order valence-corrected chi connectivity index (χ2v) is 10.2. The Hall–Kier alpha value is -3.13. The molecule has 0 radical (unpaired) electrons. The predicted molar refractivity (Wildman–Crippen MR) is 132 cm³/mol. The van der Waals surface area contributed by atoms with Crippen LogP contribution in [0.3, 0.4) is 0 Å². The monoisotopic (exact) mass is 490 g/mol. The SMILES string of the molecule is O=COc1ccc(Sc2ccc(Sc3ccc(Sc4ccc(C(=O)O)cc4)cc3)cc2)cc1. The average Bonchev–Trinajstić information content (AvgIpc) is 2.83. The second kappa shape index (κ2) is 11.1. The van der Waals surface area contributed by atoms with Crippen LogP contribution in [0.4, 0.5) is 0 Å². The summed E-state index contributed by atoms with van der Waals surface area (Å²) in [4.78, 5) is 27.9. The molecule has 0 saturated carbocycles. The van der Waals surface area contributed by atoms with Crippen LogP contribution in [0.15, 0.2) is 126 Å². The lowest BCUT2D eigenvalue weighted by atomic mass is 10.2. The number of carbonyl (C=O) groups is 2. The Morgan fingerprint density at radius 3 is 1.18 bits per heavy atom. The molecule has 0 fully saturated rings. The maximum atomic E-state index is 11.0. The topological polar surface area (TPSA) is 63.6 Å². The van der Waals surface area contributed by atoms with E-state index in [0.717, 1.165) is 29.4 Å². The largest absolute Gasteiger partial charge is 0.478 e. The smallest absolute Gasteiger partial charge is 0.335 e. The molecular weight excluding hydrogens is 472 g/mol. The zero-order valence-corrected chi connectivity index (χ0v) is 19.7.